The van der Waals surface area contributed by atoms with Gasteiger partial charge in [0.25, 0.3) is 5.91 Å². The molecule has 0 radical (unpaired) electrons. The van der Waals surface area contributed by atoms with Gasteiger partial charge in [0.15, 0.2) is 0 Å². The van der Waals surface area contributed by atoms with Gasteiger partial charge in [-0.1, -0.05) is 11.6 Å². The Hall–Kier alpha value is -1.87. The van der Waals surface area contributed by atoms with Gasteiger partial charge in [0.1, 0.15) is 10.8 Å². The minimum absolute atomic E-state index is 0.137. The number of ether oxygens (including phenoxy) is 1. The molecule has 0 saturated carbocycles. The molecular weight excluding hydrogens is 464 g/mol. The Morgan fingerprint density at radius 3 is 2.69 bits per heavy atom. The van der Waals surface area contributed by atoms with Gasteiger partial charge in [-0.15, -0.1) is 0 Å². The molecule has 2 heterocycles. The molecule has 1 unspecified atom stereocenters. The molecule has 10 heteroatoms. The molecule has 2 rings (SSSR count). The van der Waals surface area contributed by atoms with Crippen LogP contribution in [0.15, 0.2) is 16.7 Å². The van der Waals surface area contributed by atoms with Crippen LogP contribution >= 0.6 is 27.5 Å². The van der Waals surface area contributed by atoms with Crippen LogP contribution in [0.25, 0.3) is 0 Å². The van der Waals surface area contributed by atoms with Crippen molar-refractivity contribution in [2.24, 2.45) is 5.92 Å². The Balaban J connectivity index is 1.82. The number of nitrogens with one attached hydrogen (secondary N) is 2. The highest BCUT2D eigenvalue weighted by Crippen LogP contribution is 2.23. The van der Waals surface area contributed by atoms with E-state index in [0.29, 0.717) is 29.5 Å². The predicted molar refractivity (Wildman–Crippen MR) is 113 cm³/mol. The zero-order valence-electron chi connectivity index (χ0n) is 16.8. The number of hydrogen-bond acceptors (Lipinski definition) is 5. The molecule has 1 atom stereocenters. The summed E-state index contributed by atoms with van der Waals surface area (Å²) in [5.41, 5.74) is -0.262. The fourth-order valence-electron chi connectivity index (χ4n) is 2.93. The van der Waals surface area contributed by atoms with Crippen LogP contribution in [-0.4, -0.2) is 59.6 Å². The molecule has 3 amide bonds. The molecule has 1 fully saturated rings. The number of halogens is 2. The van der Waals surface area contributed by atoms with E-state index < -0.39 is 11.7 Å². The standard InChI is InChI=1S/C19H26BrClN4O4/c1-19(2,3)29-18(28)23-7-6-22-16(26)12-5-4-8-25(11-12)17(27)14-9-13(20)10-24-15(14)21/h9-10,12H,4-8,11H2,1-3H3,(H,22,26)(H,23,28). The summed E-state index contributed by atoms with van der Waals surface area (Å²) in [5, 5.41) is 5.53. The van der Waals surface area contributed by atoms with Crippen LogP contribution in [0.2, 0.25) is 5.15 Å². The van der Waals surface area contributed by atoms with E-state index in [1.165, 1.54) is 6.20 Å². The Kier molecular flexibility index (Phi) is 8.27. The Morgan fingerprint density at radius 2 is 2.00 bits per heavy atom. The van der Waals surface area contributed by atoms with Crippen LogP contribution in [0.5, 0.6) is 0 Å². The number of rotatable bonds is 5. The van der Waals surface area contributed by atoms with E-state index in [2.05, 4.69) is 31.5 Å². The van der Waals surface area contributed by atoms with Crippen molar-refractivity contribution in [2.45, 2.75) is 39.2 Å². The zero-order chi connectivity index (χ0) is 21.6. The summed E-state index contributed by atoms with van der Waals surface area (Å²) in [5.74, 6) is -0.701. The molecule has 1 aliphatic rings. The smallest absolute Gasteiger partial charge is 0.407 e. The van der Waals surface area contributed by atoms with Gasteiger partial charge in [0.05, 0.1) is 11.5 Å². The van der Waals surface area contributed by atoms with Crippen molar-refractivity contribution in [2.75, 3.05) is 26.2 Å². The second-order valence-corrected chi connectivity index (χ2v) is 9.08. The molecule has 1 saturated heterocycles. The Morgan fingerprint density at radius 1 is 1.31 bits per heavy atom. The lowest BCUT2D eigenvalue weighted by Crippen LogP contribution is -2.46. The molecule has 2 N–H and O–H groups in total. The van der Waals surface area contributed by atoms with Crippen molar-refractivity contribution in [1.82, 2.24) is 20.5 Å². The van der Waals surface area contributed by atoms with Crippen LogP contribution in [0, 0.1) is 5.92 Å². The lowest BCUT2D eigenvalue weighted by atomic mass is 9.96. The summed E-state index contributed by atoms with van der Waals surface area (Å²) in [6.45, 7) is 6.75. The van der Waals surface area contributed by atoms with Crippen LogP contribution in [0.1, 0.15) is 44.0 Å². The number of amides is 3. The summed E-state index contributed by atoms with van der Waals surface area (Å²) >= 11 is 9.35. The highest BCUT2D eigenvalue weighted by atomic mass is 79.9. The number of nitrogens with zero attached hydrogens (tertiary/aromatic N) is 2. The maximum absolute atomic E-state index is 12.8. The number of hydrogen-bond donors (Lipinski definition) is 2. The quantitative estimate of drug-likeness (QED) is 0.489. The lowest BCUT2D eigenvalue weighted by Gasteiger charge is -2.32. The van der Waals surface area contributed by atoms with Crippen molar-refractivity contribution in [3.63, 3.8) is 0 Å². The lowest BCUT2D eigenvalue weighted by molar-refractivity contribution is -0.126. The number of carbonyl (C=O) groups excluding carboxylic acids is 3. The number of alkyl carbamates (subject to hydrolysis) is 1. The molecule has 0 bridgehead atoms. The fraction of sp³-hybridized carbons (Fsp3) is 0.579. The van der Waals surface area contributed by atoms with Gasteiger partial charge in [0, 0.05) is 36.8 Å². The first-order valence-electron chi connectivity index (χ1n) is 9.41. The Bertz CT molecular complexity index is 769. The van der Waals surface area contributed by atoms with Gasteiger partial charge in [0.2, 0.25) is 5.91 Å². The topological polar surface area (TPSA) is 101 Å². The first-order valence-corrected chi connectivity index (χ1v) is 10.6. The third-order valence-electron chi connectivity index (χ3n) is 4.21. The minimum atomic E-state index is -0.571. The van der Waals surface area contributed by atoms with Gasteiger partial charge >= 0.3 is 6.09 Å². The monoisotopic (exact) mass is 488 g/mol. The second-order valence-electron chi connectivity index (χ2n) is 7.80. The van der Waals surface area contributed by atoms with Gasteiger partial charge in [-0.25, -0.2) is 9.78 Å². The van der Waals surface area contributed by atoms with Crippen molar-refractivity contribution in [3.05, 3.63) is 27.5 Å². The van der Waals surface area contributed by atoms with Crippen molar-refractivity contribution < 1.29 is 19.1 Å². The first kappa shape index (κ1) is 23.4. The molecule has 1 aromatic rings. The highest BCUT2D eigenvalue weighted by molar-refractivity contribution is 9.10. The molecule has 29 heavy (non-hydrogen) atoms. The van der Waals surface area contributed by atoms with Crippen LogP contribution in [0.4, 0.5) is 4.79 Å². The highest BCUT2D eigenvalue weighted by Gasteiger charge is 2.30. The number of carbonyl (C=O) groups is 3. The number of piperidine rings is 1. The van der Waals surface area contributed by atoms with Gasteiger partial charge in [-0.05, 0) is 55.6 Å². The fourth-order valence-corrected chi connectivity index (χ4v) is 3.44. The van der Waals surface area contributed by atoms with E-state index >= 15 is 0 Å². The van der Waals surface area contributed by atoms with Crippen LogP contribution in [-0.2, 0) is 9.53 Å². The maximum Gasteiger partial charge on any atom is 0.407 e. The summed E-state index contributed by atoms with van der Waals surface area (Å²) < 4.78 is 5.80. The molecule has 0 spiro atoms. The molecule has 0 aliphatic carbocycles. The third-order valence-corrected chi connectivity index (χ3v) is 4.94. The average Bonchev–Trinajstić information content (AvgIpc) is 2.65. The third kappa shape index (κ3) is 7.47. The van der Waals surface area contributed by atoms with E-state index in [0.717, 1.165) is 6.42 Å². The first-order chi connectivity index (χ1) is 13.6. The number of aromatic nitrogens is 1. The number of likely N-dealkylation sites (tertiary alicyclic amines) is 1. The second kappa shape index (κ2) is 10.2. The molecule has 1 aromatic heterocycles. The molecule has 160 valence electrons. The van der Waals surface area contributed by atoms with Crippen molar-refractivity contribution >= 4 is 45.4 Å². The zero-order valence-corrected chi connectivity index (χ0v) is 19.1. The van der Waals surface area contributed by atoms with Crippen LogP contribution < -0.4 is 10.6 Å². The summed E-state index contributed by atoms with van der Waals surface area (Å²) in [6, 6.07) is 1.63. The minimum Gasteiger partial charge on any atom is -0.444 e. The molecule has 0 aromatic carbocycles. The normalized spacial score (nSPS) is 16.9. The summed E-state index contributed by atoms with van der Waals surface area (Å²) in [4.78, 5) is 42.4. The van der Waals surface area contributed by atoms with Crippen molar-refractivity contribution in [1.29, 1.82) is 0 Å². The van der Waals surface area contributed by atoms with Gasteiger partial charge < -0.3 is 20.3 Å². The van der Waals surface area contributed by atoms with E-state index in [9.17, 15) is 14.4 Å². The van der Waals surface area contributed by atoms with Gasteiger partial charge in [-0.2, -0.15) is 0 Å². The van der Waals surface area contributed by atoms with E-state index in [4.69, 9.17) is 16.3 Å². The van der Waals surface area contributed by atoms with Crippen molar-refractivity contribution in [3.8, 4) is 0 Å². The van der Waals surface area contributed by atoms with E-state index in [-0.39, 0.29) is 36.0 Å². The summed E-state index contributed by atoms with van der Waals surface area (Å²) in [7, 11) is 0. The van der Waals surface area contributed by atoms with Crippen LogP contribution in [0.3, 0.4) is 0 Å². The average molecular weight is 490 g/mol. The maximum atomic E-state index is 12.8. The van der Waals surface area contributed by atoms with Gasteiger partial charge in [-0.3, -0.25) is 9.59 Å². The SMILES string of the molecule is CC(C)(C)OC(=O)NCCNC(=O)C1CCCN(C(=O)c2cc(Br)cnc2Cl)C1. The predicted octanol–water partition coefficient (Wildman–Crippen LogP) is 2.99. The molecular formula is C19H26BrClN4O4. The van der Waals surface area contributed by atoms with E-state index in [1.807, 2.05) is 0 Å². The largest absolute Gasteiger partial charge is 0.444 e. The molecule has 1 aliphatic heterocycles. The van der Waals surface area contributed by atoms with E-state index in [1.54, 1.807) is 31.7 Å². The summed E-state index contributed by atoms with van der Waals surface area (Å²) in [6.07, 6.45) is 2.41. The number of pyridine rings is 1. The molecule has 8 nitrogen and oxygen atoms in total. The Labute approximate surface area is 183 Å².